The number of thiocarbonyl (C=S) groups is 1. The molecule has 0 amide bonds. The summed E-state index contributed by atoms with van der Waals surface area (Å²) in [5.41, 5.74) is 2.22. The first-order valence-electron chi connectivity index (χ1n) is 10.5. The third-order valence-corrected chi connectivity index (χ3v) is 6.79. The first-order valence-corrected chi connectivity index (χ1v) is 11.7. The number of ether oxygens (including phenoxy) is 3. The Kier molecular flexibility index (Phi) is 8.40. The van der Waals surface area contributed by atoms with E-state index in [9.17, 15) is 14.4 Å². The van der Waals surface area contributed by atoms with Gasteiger partial charge in [-0.2, -0.15) is 0 Å². The van der Waals surface area contributed by atoms with Gasteiger partial charge in [0.1, 0.15) is 5.00 Å². The van der Waals surface area contributed by atoms with E-state index < -0.39 is 17.9 Å². The van der Waals surface area contributed by atoms with Crippen molar-refractivity contribution in [3.8, 4) is 0 Å². The molecule has 1 aliphatic rings. The molecule has 2 N–H and O–H groups in total. The second kappa shape index (κ2) is 11.2. The molecule has 8 nitrogen and oxygen atoms in total. The Morgan fingerprint density at radius 1 is 0.879 bits per heavy atom. The smallest absolute Gasteiger partial charge is 0.341 e. The molecule has 0 spiro atoms. The van der Waals surface area contributed by atoms with Crippen molar-refractivity contribution >= 4 is 57.3 Å². The van der Waals surface area contributed by atoms with E-state index in [1.165, 1.54) is 57.3 Å². The van der Waals surface area contributed by atoms with Crippen molar-refractivity contribution < 1.29 is 28.6 Å². The van der Waals surface area contributed by atoms with Gasteiger partial charge >= 0.3 is 17.9 Å². The number of carbonyl (C=O) groups is 3. The van der Waals surface area contributed by atoms with Gasteiger partial charge in [0.2, 0.25) is 0 Å². The molecular formula is C23H26N2O6S2. The third-order valence-electron chi connectivity index (χ3n) is 5.38. The SMILES string of the molecule is COC(=O)c1ccc(C(=O)OC)c(NC(=S)Nc2sc3c(c2C(=O)OC)CCCCCC3)c1. The van der Waals surface area contributed by atoms with Crippen LogP contribution in [0.15, 0.2) is 18.2 Å². The highest BCUT2D eigenvalue weighted by molar-refractivity contribution is 7.80. The fourth-order valence-electron chi connectivity index (χ4n) is 3.76. The fraction of sp³-hybridized carbons (Fsp3) is 0.391. The van der Waals surface area contributed by atoms with Gasteiger partial charge in [-0.15, -0.1) is 11.3 Å². The number of thiophene rings is 1. The van der Waals surface area contributed by atoms with Crippen LogP contribution in [0.4, 0.5) is 10.7 Å². The van der Waals surface area contributed by atoms with E-state index in [2.05, 4.69) is 10.6 Å². The summed E-state index contributed by atoms with van der Waals surface area (Å²) < 4.78 is 14.6. The number of hydrogen-bond donors (Lipinski definition) is 2. The highest BCUT2D eigenvalue weighted by Crippen LogP contribution is 2.37. The summed E-state index contributed by atoms with van der Waals surface area (Å²) in [6, 6.07) is 4.38. The molecule has 10 heteroatoms. The summed E-state index contributed by atoms with van der Waals surface area (Å²) in [6.07, 6.45) is 6.09. The van der Waals surface area contributed by atoms with Gasteiger partial charge in [-0.3, -0.25) is 0 Å². The minimum absolute atomic E-state index is 0.154. The lowest BCUT2D eigenvalue weighted by Gasteiger charge is -2.14. The van der Waals surface area contributed by atoms with Crippen molar-refractivity contribution in [2.45, 2.75) is 38.5 Å². The van der Waals surface area contributed by atoms with Gasteiger partial charge in [0, 0.05) is 4.88 Å². The molecular weight excluding hydrogens is 464 g/mol. The molecule has 0 bridgehead atoms. The van der Waals surface area contributed by atoms with Gasteiger partial charge in [-0.25, -0.2) is 14.4 Å². The molecule has 0 saturated carbocycles. The zero-order chi connectivity index (χ0) is 24.0. The van der Waals surface area contributed by atoms with Crippen LogP contribution in [0.3, 0.4) is 0 Å². The molecule has 0 atom stereocenters. The molecule has 0 aliphatic heterocycles. The standard InChI is InChI=1S/C23H26N2O6S2/c1-29-20(26)13-10-11-14(21(27)30-2)16(12-13)24-23(32)25-19-18(22(28)31-3)15-8-6-4-5-7-9-17(15)33-19/h10-12H,4-9H2,1-3H3,(H2,24,25,32). The van der Waals surface area contributed by atoms with Gasteiger partial charge < -0.3 is 24.8 Å². The number of benzene rings is 1. The first kappa shape index (κ1) is 24.7. The van der Waals surface area contributed by atoms with Gasteiger partial charge in [0.25, 0.3) is 0 Å². The van der Waals surface area contributed by atoms with Crippen LogP contribution in [0.1, 0.15) is 67.2 Å². The number of anilines is 2. The number of hydrogen-bond acceptors (Lipinski definition) is 8. The molecule has 1 aromatic carbocycles. The van der Waals surface area contributed by atoms with Crippen molar-refractivity contribution in [1.29, 1.82) is 0 Å². The number of fused-ring (bicyclic) bond motifs is 1. The van der Waals surface area contributed by atoms with E-state index in [-0.39, 0.29) is 21.9 Å². The van der Waals surface area contributed by atoms with Crippen LogP contribution in [-0.2, 0) is 27.1 Å². The van der Waals surface area contributed by atoms with E-state index in [0.717, 1.165) is 42.5 Å². The average molecular weight is 491 g/mol. The minimum atomic E-state index is -0.592. The average Bonchev–Trinajstić information content (AvgIpc) is 3.12. The summed E-state index contributed by atoms with van der Waals surface area (Å²) in [6.45, 7) is 0. The zero-order valence-electron chi connectivity index (χ0n) is 18.7. The zero-order valence-corrected chi connectivity index (χ0v) is 20.4. The van der Waals surface area contributed by atoms with Crippen LogP contribution in [0.5, 0.6) is 0 Å². The molecule has 3 rings (SSSR count). The largest absolute Gasteiger partial charge is 0.465 e. The number of carbonyl (C=O) groups excluding carboxylic acids is 3. The molecule has 176 valence electrons. The van der Waals surface area contributed by atoms with Gasteiger partial charge in [0.05, 0.1) is 43.7 Å². The summed E-state index contributed by atoms with van der Waals surface area (Å²) in [5, 5.41) is 6.78. The summed E-state index contributed by atoms with van der Waals surface area (Å²) in [5.74, 6) is -1.56. The number of aryl methyl sites for hydroxylation is 1. The molecule has 33 heavy (non-hydrogen) atoms. The number of nitrogens with one attached hydrogen (secondary N) is 2. The number of methoxy groups -OCH3 is 3. The second-order valence-corrected chi connectivity index (χ2v) is 8.95. The van der Waals surface area contributed by atoms with Crippen molar-refractivity contribution in [3.05, 3.63) is 45.3 Å². The number of rotatable bonds is 5. The van der Waals surface area contributed by atoms with Crippen molar-refractivity contribution in [1.82, 2.24) is 0 Å². The maximum Gasteiger partial charge on any atom is 0.341 e. The molecule has 0 unspecified atom stereocenters. The van der Waals surface area contributed by atoms with Crippen LogP contribution in [-0.4, -0.2) is 44.3 Å². The van der Waals surface area contributed by atoms with E-state index in [0.29, 0.717) is 10.6 Å². The predicted molar refractivity (Wildman–Crippen MR) is 130 cm³/mol. The molecule has 0 fully saturated rings. The summed E-state index contributed by atoms with van der Waals surface area (Å²) >= 11 is 6.97. The molecule has 1 heterocycles. The second-order valence-electron chi connectivity index (χ2n) is 7.44. The molecule has 2 aromatic rings. The monoisotopic (exact) mass is 490 g/mol. The molecule has 0 radical (unpaired) electrons. The van der Waals surface area contributed by atoms with Crippen LogP contribution in [0, 0.1) is 0 Å². The minimum Gasteiger partial charge on any atom is -0.465 e. The topological polar surface area (TPSA) is 103 Å². The van der Waals surface area contributed by atoms with Crippen LogP contribution in [0.2, 0.25) is 0 Å². The Morgan fingerprint density at radius 2 is 1.55 bits per heavy atom. The fourth-order valence-corrected chi connectivity index (χ4v) is 5.32. The van der Waals surface area contributed by atoms with E-state index in [1.807, 2.05) is 0 Å². The van der Waals surface area contributed by atoms with E-state index >= 15 is 0 Å². The Bertz CT molecular complexity index is 1080. The normalized spacial score (nSPS) is 13.1. The first-order chi connectivity index (χ1) is 15.9. The Morgan fingerprint density at radius 3 is 2.21 bits per heavy atom. The highest BCUT2D eigenvalue weighted by atomic mass is 32.1. The summed E-state index contributed by atoms with van der Waals surface area (Å²) in [4.78, 5) is 37.9. The van der Waals surface area contributed by atoms with Crippen molar-refractivity contribution in [2.24, 2.45) is 0 Å². The van der Waals surface area contributed by atoms with Gasteiger partial charge in [-0.1, -0.05) is 12.8 Å². The molecule has 1 aromatic heterocycles. The van der Waals surface area contributed by atoms with E-state index in [1.54, 1.807) is 0 Å². The Labute approximate surface area is 201 Å². The van der Waals surface area contributed by atoms with E-state index in [4.69, 9.17) is 26.4 Å². The molecule has 1 aliphatic carbocycles. The predicted octanol–water partition coefficient (Wildman–Crippen LogP) is 4.58. The van der Waals surface area contributed by atoms with Crippen LogP contribution >= 0.6 is 23.6 Å². The lowest BCUT2D eigenvalue weighted by atomic mass is 9.96. The Hall–Kier alpha value is -2.98. The number of esters is 3. The third kappa shape index (κ3) is 5.69. The summed E-state index contributed by atoms with van der Waals surface area (Å²) in [7, 11) is 3.89. The Balaban J connectivity index is 1.92. The van der Waals surface area contributed by atoms with Gasteiger partial charge in [0.15, 0.2) is 5.11 Å². The van der Waals surface area contributed by atoms with Gasteiger partial charge in [-0.05, 0) is 61.7 Å². The maximum absolute atomic E-state index is 12.6. The highest BCUT2D eigenvalue weighted by Gasteiger charge is 2.26. The lowest BCUT2D eigenvalue weighted by molar-refractivity contribution is 0.0587. The van der Waals surface area contributed by atoms with Crippen molar-refractivity contribution in [3.63, 3.8) is 0 Å². The quantitative estimate of drug-likeness (QED) is 0.354. The lowest BCUT2D eigenvalue weighted by Crippen LogP contribution is -2.22. The maximum atomic E-state index is 12.6. The molecule has 0 saturated heterocycles. The van der Waals surface area contributed by atoms with Crippen LogP contribution in [0.25, 0.3) is 0 Å². The van der Waals surface area contributed by atoms with Crippen molar-refractivity contribution in [2.75, 3.05) is 32.0 Å². The van der Waals surface area contributed by atoms with Crippen LogP contribution < -0.4 is 10.6 Å².